The van der Waals surface area contributed by atoms with Gasteiger partial charge in [0.05, 0.1) is 5.56 Å². The van der Waals surface area contributed by atoms with Crippen LogP contribution in [0.1, 0.15) is 28.9 Å². The highest BCUT2D eigenvalue weighted by Crippen LogP contribution is 2.18. The van der Waals surface area contributed by atoms with Gasteiger partial charge in [0.2, 0.25) is 0 Å². The molecule has 108 valence electrons. The van der Waals surface area contributed by atoms with E-state index >= 15 is 0 Å². The van der Waals surface area contributed by atoms with Crippen molar-refractivity contribution in [2.24, 2.45) is 11.7 Å². The van der Waals surface area contributed by atoms with E-state index in [1.54, 1.807) is 6.20 Å². The Morgan fingerprint density at radius 3 is 2.89 bits per heavy atom. The molecule has 1 atom stereocenters. The smallest absolute Gasteiger partial charge is 0.255 e. The molecule has 1 saturated heterocycles. The molecule has 1 fully saturated rings. The fraction of sp³-hybridized carbons (Fsp3) is 0.538. The van der Waals surface area contributed by atoms with Crippen LogP contribution in [-0.4, -0.2) is 35.4 Å². The number of aromatic nitrogens is 1. The molecule has 0 aromatic carbocycles. The molecule has 2 rings (SSSR count). The SMILES string of the molecule is Cc1ncccc1C(=O)N1CCCC(CN)C1.Cl.Cl. The summed E-state index contributed by atoms with van der Waals surface area (Å²) in [5.74, 6) is 0.540. The van der Waals surface area contributed by atoms with Crippen molar-refractivity contribution >= 4 is 30.7 Å². The van der Waals surface area contributed by atoms with Gasteiger partial charge in [0.1, 0.15) is 0 Å². The van der Waals surface area contributed by atoms with Gasteiger partial charge in [-0.3, -0.25) is 9.78 Å². The number of hydrogen-bond acceptors (Lipinski definition) is 3. The topological polar surface area (TPSA) is 59.2 Å². The molecule has 2 heterocycles. The number of piperidine rings is 1. The van der Waals surface area contributed by atoms with E-state index in [-0.39, 0.29) is 30.7 Å². The summed E-state index contributed by atoms with van der Waals surface area (Å²) in [6, 6.07) is 3.65. The lowest BCUT2D eigenvalue weighted by atomic mass is 9.97. The summed E-state index contributed by atoms with van der Waals surface area (Å²) < 4.78 is 0. The summed E-state index contributed by atoms with van der Waals surface area (Å²) in [5, 5.41) is 0. The number of carbonyl (C=O) groups excluding carboxylic acids is 1. The van der Waals surface area contributed by atoms with Crippen LogP contribution in [-0.2, 0) is 0 Å². The molecule has 19 heavy (non-hydrogen) atoms. The van der Waals surface area contributed by atoms with E-state index < -0.39 is 0 Å². The standard InChI is InChI=1S/C13H19N3O.2ClH/c1-10-12(5-2-6-15-10)13(17)16-7-3-4-11(8-14)9-16;;/h2,5-6,11H,3-4,7-9,14H2,1H3;2*1H. The number of carbonyl (C=O) groups is 1. The van der Waals surface area contributed by atoms with Gasteiger partial charge >= 0.3 is 0 Å². The Morgan fingerprint density at radius 2 is 2.26 bits per heavy atom. The first-order valence-corrected chi connectivity index (χ1v) is 6.13. The highest BCUT2D eigenvalue weighted by atomic mass is 35.5. The number of likely N-dealkylation sites (tertiary alicyclic amines) is 1. The maximum Gasteiger partial charge on any atom is 0.255 e. The lowest BCUT2D eigenvalue weighted by Crippen LogP contribution is -2.42. The van der Waals surface area contributed by atoms with Crippen LogP contribution in [0.15, 0.2) is 18.3 Å². The van der Waals surface area contributed by atoms with Crippen molar-refractivity contribution in [2.45, 2.75) is 19.8 Å². The summed E-state index contributed by atoms with van der Waals surface area (Å²) in [5.41, 5.74) is 7.20. The van der Waals surface area contributed by atoms with Crippen LogP contribution in [0.5, 0.6) is 0 Å². The summed E-state index contributed by atoms with van der Waals surface area (Å²) in [4.78, 5) is 18.4. The number of hydrogen-bond donors (Lipinski definition) is 1. The molecule has 1 amide bonds. The number of nitrogens with two attached hydrogens (primary N) is 1. The quantitative estimate of drug-likeness (QED) is 0.909. The number of amides is 1. The first kappa shape index (κ1) is 18.2. The first-order chi connectivity index (χ1) is 8.22. The van der Waals surface area contributed by atoms with Crippen LogP contribution < -0.4 is 5.73 Å². The lowest BCUT2D eigenvalue weighted by Gasteiger charge is -2.32. The van der Waals surface area contributed by atoms with E-state index in [0.29, 0.717) is 18.0 Å². The van der Waals surface area contributed by atoms with Gasteiger partial charge in [-0.15, -0.1) is 24.8 Å². The molecule has 0 radical (unpaired) electrons. The van der Waals surface area contributed by atoms with Crippen molar-refractivity contribution in [1.82, 2.24) is 9.88 Å². The van der Waals surface area contributed by atoms with Crippen molar-refractivity contribution in [3.63, 3.8) is 0 Å². The summed E-state index contributed by atoms with van der Waals surface area (Å²) >= 11 is 0. The van der Waals surface area contributed by atoms with Gasteiger partial charge in [0.25, 0.3) is 5.91 Å². The molecule has 0 bridgehead atoms. The minimum absolute atomic E-state index is 0. The molecule has 4 nitrogen and oxygen atoms in total. The third-order valence-corrected chi connectivity index (χ3v) is 3.38. The Bertz CT molecular complexity index is 415. The van der Waals surface area contributed by atoms with Crippen molar-refractivity contribution < 1.29 is 4.79 Å². The normalized spacial score (nSPS) is 18.2. The van der Waals surface area contributed by atoms with E-state index in [4.69, 9.17) is 5.73 Å². The maximum absolute atomic E-state index is 12.3. The number of nitrogens with zero attached hydrogens (tertiary/aromatic N) is 2. The van der Waals surface area contributed by atoms with Crippen LogP contribution in [0, 0.1) is 12.8 Å². The molecule has 0 aliphatic carbocycles. The van der Waals surface area contributed by atoms with Gasteiger partial charge in [-0.05, 0) is 44.4 Å². The fourth-order valence-corrected chi connectivity index (χ4v) is 2.32. The van der Waals surface area contributed by atoms with E-state index in [0.717, 1.165) is 31.6 Å². The average Bonchev–Trinajstić information content (AvgIpc) is 2.38. The maximum atomic E-state index is 12.3. The zero-order chi connectivity index (χ0) is 12.3. The number of rotatable bonds is 2. The number of halogens is 2. The minimum atomic E-state index is 0. The van der Waals surface area contributed by atoms with E-state index in [9.17, 15) is 4.79 Å². The van der Waals surface area contributed by atoms with Crippen LogP contribution >= 0.6 is 24.8 Å². The number of aryl methyl sites for hydroxylation is 1. The highest BCUT2D eigenvalue weighted by Gasteiger charge is 2.24. The molecule has 2 N–H and O–H groups in total. The first-order valence-electron chi connectivity index (χ1n) is 6.13. The van der Waals surface area contributed by atoms with Gasteiger partial charge in [-0.1, -0.05) is 0 Å². The molecule has 1 unspecified atom stereocenters. The third-order valence-electron chi connectivity index (χ3n) is 3.38. The van der Waals surface area contributed by atoms with Crippen LogP contribution in [0.4, 0.5) is 0 Å². The second-order valence-corrected chi connectivity index (χ2v) is 4.63. The Morgan fingerprint density at radius 1 is 1.53 bits per heavy atom. The van der Waals surface area contributed by atoms with E-state index in [1.807, 2.05) is 24.0 Å². The van der Waals surface area contributed by atoms with Gasteiger partial charge in [-0.25, -0.2) is 0 Å². The van der Waals surface area contributed by atoms with Crippen LogP contribution in [0.2, 0.25) is 0 Å². The van der Waals surface area contributed by atoms with Crippen LogP contribution in [0.3, 0.4) is 0 Å². The monoisotopic (exact) mass is 305 g/mol. The molecule has 0 spiro atoms. The zero-order valence-corrected chi connectivity index (χ0v) is 12.7. The molecular formula is C13H21Cl2N3O. The molecule has 1 aliphatic heterocycles. The van der Waals surface area contributed by atoms with Gasteiger partial charge in [0, 0.05) is 25.0 Å². The van der Waals surface area contributed by atoms with Crippen molar-refractivity contribution in [1.29, 1.82) is 0 Å². The predicted molar refractivity (Wildman–Crippen MR) is 81.2 cm³/mol. The molecule has 1 aromatic rings. The second-order valence-electron chi connectivity index (χ2n) is 4.63. The Hall–Kier alpha value is -0.840. The molecule has 0 saturated carbocycles. The Kier molecular flexibility index (Phi) is 7.99. The van der Waals surface area contributed by atoms with E-state index in [2.05, 4.69) is 4.98 Å². The van der Waals surface area contributed by atoms with Crippen molar-refractivity contribution in [3.05, 3.63) is 29.6 Å². The van der Waals surface area contributed by atoms with Crippen molar-refractivity contribution in [2.75, 3.05) is 19.6 Å². The van der Waals surface area contributed by atoms with Crippen molar-refractivity contribution in [3.8, 4) is 0 Å². The summed E-state index contributed by atoms with van der Waals surface area (Å²) in [7, 11) is 0. The summed E-state index contributed by atoms with van der Waals surface area (Å²) in [6.07, 6.45) is 3.89. The molecular weight excluding hydrogens is 285 g/mol. The fourth-order valence-electron chi connectivity index (χ4n) is 2.32. The molecule has 6 heteroatoms. The lowest BCUT2D eigenvalue weighted by molar-refractivity contribution is 0.0677. The predicted octanol–water partition coefficient (Wildman–Crippen LogP) is 2.04. The Balaban J connectivity index is 0.00000162. The third kappa shape index (κ3) is 4.34. The van der Waals surface area contributed by atoms with E-state index in [1.165, 1.54) is 0 Å². The summed E-state index contributed by atoms with van der Waals surface area (Å²) in [6.45, 7) is 4.15. The van der Waals surface area contributed by atoms with Gasteiger partial charge < -0.3 is 10.6 Å². The van der Waals surface area contributed by atoms with Gasteiger partial charge in [0.15, 0.2) is 0 Å². The van der Waals surface area contributed by atoms with Gasteiger partial charge in [-0.2, -0.15) is 0 Å². The second kappa shape index (κ2) is 8.35. The minimum Gasteiger partial charge on any atom is -0.338 e. The molecule has 1 aromatic heterocycles. The molecule has 1 aliphatic rings. The zero-order valence-electron chi connectivity index (χ0n) is 11.0. The average molecular weight is 306 g/mol. The van der Waals surface area contributed by atoms with Crippen LogP contribution in [0.25, 0.3) is 0 Å². The number of pyridine rings is 1. The highest BCUT2D eigenvalue weighted by molar-refractivity contribution is 5.95. The Labute approximate surface area is 126 Å². The largest absolute Gasteiger partial charge is 0.338 e.